The molecule has 0 fully saturated rings. The molecule has 2 N–H and O–H groups in total. The Morgan fingerprint density at radius 2 is 1.79 bits per heavy atom. The predicted octanol–water partition coefficient (Wildman–Crippen LogP) is 4.99. The summed E-state index contributed by atoms with van der Waals surface area (Å²) in [6.07, 6.45) is 1.29. The number of nitrogens with one attached hydrogen (secondary N) is 2. The molecule has 0 bridgehead atoms. The highest BCUT2D eigenvalue weighted by Crippen LogP contribution is 2.34. The number of hydrazone groups is 1. The van der Waals surface area contributed by atoms with Crippen LogP contribution in [-0.2, 0) is 4.79 Å². The van der Waals surface area contributed by atoms with E-state index in [2.05, 4.69) is 15.8 Å². The summed E-state index contributed by atoms with van der Waals surface area (Å²) >= 11 is 12.5. The zero-order valence-electron chi connectivity index (χ0n) is 17.7. The minimum Gasteiger partial charge on any atom is -0.481 e. The molecule has 0 aliphatic rings. The normalized spacial score (nSPS) is 10.7. The van der Waals surface area contributed by atoms with Crippen LogP contribution in [0, 0.1) is 17.0 Å². The van der Waals surface area contributed by atoms with Gasteiger partial charge in [-0.2, -0.15) is 5.10 Å². The monoisotopic (exact) mass is 500 g/mol. The van der Waals surface area contributed by atoms with E-state index in [1.165, 1.54) is 36.5 Å². The largest absolute Gasteiger partial charge is 0.481 e. The van der Waals surface area contributed by atoms with Crippen LogP contribution < -0.4 is 15.5 Å². The second-order valence-corrected chi connectivity index (χ2v) is 7.79. The van der Waals surface area contributed by atoms with Crippen LogP contribution in [0.3, 0.4) is 0 Å². The number of carbonyl (C=O) groups is 2. The zero-order chi connectivity index (χ0) is 24.7. The molecule has 0 heterocycles. The number of aryl methyl sites for hydroxylation is 1. The summed E-state index contributed by atoms with van der Waals surface area (Å²) in [5.74, 6) is -0.881. The van der Waals surface area contributed by atoms with Crippen LogP contribution in [-0.4, -0.2) is 29.6 Å². The Morgan fingerprint density at radius 1 is 1.09 bits per heavy atom. The zero-order valence-corrected chi connectivity index (χ0v) is 19.3. The molecule has 0 aromatic heterocycles. The molecule has 11 heteroatoms. The number of nitrogens with zero attached hydrogens (tertiary/aromatic N) is 2. The Bertz CT molecular complexity index is 1260. The van der Waals surface area contributed by atoms with Crippen molar-refractivity contribution in [3.05, 3.63) is 97.5 Å². The van der Waals surface area contributed by atoms with Gasteiger partial charge < -0.3 is 10.1 Å². The lowest BCUT2D eigenvalue weighted by atomic mass is 10.2. The summed E-state index contributed by atoms with van der Waals surface area (Å²) < 4.78 is 5.48. The number of amides is 2. The maximum Gasteiger partial charge on any atom is 0.271 e. The number of non-ortho nitro benzene ring substituents is 1. The van der Waals surface area contributed by atoms with E-state index in [0.29, 0.717) is 11.3 Å². The number of benzene rings is 3. The Kier molecular flexibility index (Phi) is 8.18. The van der Waals surface area contributed by atoms with Crippen LogP contribution in [0.15, 0.2) is 65.8 Å². The van der Waals surface area contributed by atoms with E-state index in [9.17, 15) is 19.7 Å². The second kappa shape index (κ2) is 11.3. The number of nitro groups is 1. The fourth-order valence-electron chi connectivity index (χ4n) is 2.82. The van der Waals surface area contributed by atoms with Crippen LogP contribution in [0.25, 0.3) is 0 Å². The first-order chi connectivity index (χ1) is 16.2. The van der Waals surface area contributed by atoms with E-state index in [-0.39, 0.29) is 39.6 Å². The van der Waals surface area contributed by atoms with Crippen molar-refractivity contribution in [2.45, 2.75) is 6.92 Å². The molecule has 0 atom stereocenters. The van der Waals surface area contributed by atoms with Gasteiger partial charge in [0.2, 0.25) is 0 Å². The minimum atomic E-state index is -0.628. The first kappa shape index (κ1) is 24.7. The van der Waals surface area contributed by atoms with Crippen molar-refractivity contribution in [2.75, 3.05) is 11.9 Å². The number of hydrogen-bond acceptors (Lipinski definition) is 6. The van der Waals surface area contributed by atoms with Gasteiger partial charge in [-0.05, 0) is 42.3 Å². The van der Waals surface area contributed by atoms with Gasteiger partial charge in [0, 0.05) is 23.4 Å². The molecule has 0 saturated heterocycles. The Balaban J connectivity index is 1.60. The van der Waals surface area contributed by atoms with E-state index in [1.54, 1.807) is 6.07 Å². The molecule has 0 radical (unpaired) electrons. The van der Waals surface area contributed by atoms with Gasteiger partial charge in [-0.3, -0.25) is 19.7 Å². The number of para-hydroxylation sites is 1. The van der Waals surface area contributed by atoms with Crippen molar-refractivity contribution in [1.29, 1.82) is 0 Å². The quantitative estimate of drug-likeness (QED) is 0.256. The Labute approximate surface area is 204 Å². The van der Waals surface area contributed by atoms with Crippen molar-refractivity contribution >= 4 is 52.6 Å². The van der Waals surface area contributed by atoms with Crippen molar-refractivity contribution < 1.29 is 19.2 Å². The van der Waals surface area contributed by atoms with Gasteiger partial charge in [0.1, 0.15) is 0 Å². The average Bonchev–Trinajstić information content (AvgIpc) is 2.80. The lowest BCUT2D eigenvalue weighted by Gasteiger charge is -2.12. The lowest BCUT2D eigenvalue weighted by Crippen LogP contribution is -2.20. The number of rotatable bonds is 8. The third kappa shape index (κ3) is 6.53. The molecule has 34 heavy (non-hydrogen) atoms. The number of carbonyl (C=O) groups excluding carboxylic acids is 2. The van der Waals surface area contributed by atoms with E-state index in [0.717, 1.165) is 11.6 Å². The smallest absolute Gasteiger partial charge is 0.271 e. The van der Waals surface area contributed by atoms with Crippen molar-refractivity contribution in [3.63, 3.8) is 0 Å². The number of anilines is 1. The summed E-state index contributed by atoms with van der Waals surface area (Å²) in [6.45, 7) is 1.57. The minimum absolute atomic E-state index is 0.0788. The molecule has 0 saturated carbocycles. The fourth-order valence-corrected chi connectivity index (χ4v) is 3.43. The highest BCUT2D eigenvalue weighted by molar-refractivity contribution is 6.37. The molecule has 174 valence electrons. The van der Waals surface area contributed by atoms with Gasteiger partial charge in [-0.15, -0.1) is 0 Å². The van der Waals surface area contributed by atoms with Crippen molar-refractivity contribution in [1.82, 2.24) is 5.43 Å². The summed E-state index contributed by atoms with van der Waals surface area (Å²) in [4.78, 5) is 34.6. The molecule has 0 unspecified atom stereocenters. The fraction of sp³-hybridized carbons (Fsp3) is 0.0870. The highest BCUT2D eigenvalue weighted by Gasteiger charge is 2.13. The van der Waals surface area contributed by atoms with Gasteiger partial charge in [0.15, 0.2) is 12.4 Å². The molecular weight excluding hydrogens is 483 g/mol. The Morgan fingerprint density at radius 3 is 2.47 bits per heavy atom. The van der Waals surface area contributed by atoms with E-state index >= 15 is 0 Å². The van der Waals surface area contributed by atoms with E-state index in [4.69, 9.17) is 27.9 Å². The standard InChI is InChI=1S/C23H18Cl2N4O5/c1-14-5-2-3-8-20(14)27-21(30)13-34-22-18(24)9-15(10-19(22)25)12-26-28-23(31)16-6-4-7-17(11-16)29(32)33/h2-12H,13H2,1H3,(H,27,30)(H,28,31)/b26-12+. The van der Waals surface area contributed by atoms with Gasteiger partial charge in [0.25, 0.3) is 17.5 Å². The van der Waals surface area contributed by atoms with Crippen molar-refractivity contribution in [3.8, 4) is 5.75 Å². The second-order valence-electron chi connectivity index (χ2n) is 6.97. The van der Waals surface area contributed by atoms with Gasteiger partial charge in [-0.25, -0.2) is 5.43 Å². The van der Waals surface area contributed by atoms with Gasteiger partial charge >= 0.3 is 0 Å². The first-order valence-corrected chi connectivity index (χ1v) is 10.6. The maximum absolute atomic E-state index is 12.2. The highest BCUT2D eigenvalue weighted by atomic mass is 35.5. The third-order valence-electron chi connectivity index (χ3n) is 4.49. The summed E-state index contributed by atoms with van der Waals surface area (Å²) in [5, 5.41) is 17.7. The van der Waals surface area contributed by atoms with Crippen LogP contribution in [0.1, 0.15) is 21.5 Å². The number of hydrogen-bond donors (Lipinski definition) is 2. The number of ether oxygens (including phenoxy) is 1. The van der Waals surface area contributed by atoms with Crippen LogP contribution in [0.2, 0.25) is 10.0 Å². The molecule has 9 nitrogen and oxygen atoms in total. The topological polar surface area (TPSA) is 123 Å². The molecule has 0 spiro atoms. The molecule has 2 amide bonds. The molecule has 3 aromatic rings. The van der Waals surface area contributed by atoms with Gasteiger partial charge in [0.05, 0.1) is 21.2 Å². The molecular formula is C23H18Cl2N4O5. The molecule has 3 rings (SSSR count). The van der Waals surface area contributed by atoms with Crippen LogP contribution in [0.5, 0.6) is 5.75 Å². The number of halogens is 2. The predicted molar refractivity (Wildman–Crippen MR) is 130 cm³/mol. The van der Waals surface area contributed by atoms with E-state index < -0.39 is 10.8 Å². The lowest BCUT2D eigenvalue weighted by molar-refractivity contribution is -0.384. The van der Waals surface area contributed by atoms with Crippen LogP contribution >= 0.6 is 23.2 Å². The van der Waals surface area contributed by atoms with E-state index in [1.807, 2.05) is 25.1 Å². The number of nitro benzene ring substituents is 1. The summed E-state index contributed by atoms with van der Waals surface area (Å²) in [6, 6.07) is 15.5. The summed E-state index contributed by atoms with van der Waals surface area (Å²) in [5.41, 5.74) is 4.17. The average molecular weight is 501 g/mol. The first-order valence-electron chi connectivity index (χ1n) is 9.80. The Hall–Kier alpha value is -3.95. The van der Waals surface area contributed by atoms with Crippen molar-refractivity contribution in [2.24, 2.45) is 5.10 Å². The summed E-state index contributed by atoms with van der Waals surface area (Å²) in [7, 11) is 0. The maximum atomic E-state index is 12.2. The van der Waals surface area contributed by atoms with Gasteiger partial charge in [-0.1, -0.05) is 47.5 Å². The van der Waals surface area contributed by atoms with Crippen LogP contribution in [0.4, 0.5) is 11.4 Å². The third-order valence-corrected chi connectivity index (χ3v) is 5.05. The molecule has 0 aliphatic carbocycles. The molecule has 3 aromatic carbocycles. The SMILES string of the molecule is Cc1ccccc1NC(=O)COc1c(Cl)cc(/C=N/NC(=O)c2cccc([N+](=O)[O-])c2)cc1Cl. The molecule has 0 aliphatic heterocycles.